The molecule has 0 spiro atoms. The number of hydrogen-bond acceptors (Lipinski definition) is 4. The summed E-state index contributed by atoms with van der Waals surface area (Å²) in [5, 5.41) is 0. The zero-order valence-corrected chi connectivity index (χ0v) is 17.9. The number of aryl methyl sites for hydroxylation is 1. The summed E-state index contributed by atoms with van der Waals surface area (Å²) in [5.41, 5.74) is 2.85. The van der Waals surface area contributed by atoms with Gasteiger partial charge in [-0.05, 0) is 48.6 Å². The number of fused-ring (bicyclic) bond motifs is 1. The average Bonchev–Trinajstić information content (AvgIpc) is 3.26. The molecule has 1 unspecified atom stereocenters. The lowest BCUT2D eigenvalue weighted by molar-refractivity contribution is -0.160. The van der Waals surface area contributed by atoms with Crippen LogP contribution in [-0.4, -0.2) is 41.0 Å². The van der Waals surface area contributed by atoms with Gasteiger partial charge >= 0.3 is 0 Å². The van der Waals surface area contributed by atoms with E-state index in [2.05, 4.69) is 0 Å². The van der Waals surface area contributed by atoms with Crippen molar-refractivity contribution in [3.8, 4) is 11.5 Å². The molecule has 0 aromatic heterocycles. The third-order valence-corrected chi connectivity index (χ3v) is 6.74. The maximum absolute atomic E-state index is 13.8. The van der Waals surface area contributed by atoms with Crippen LogP contribution < -0.4 is 9.47 Å². The standard InChI is InChI=1S/C25H28N2O4/c1-17-7-5-6-10-20(17)24-25(29)26(19-8-3-2-4-9-19)15-23(28)27(24)14-18-11-12-21-22(13-18)31-16-30-21/h5-7,10-13,19,24H,2-4,8-9,14-16H2,1H3. The molecule has 5 rings (SSSR count). The van der Waals surface area contributed by atoms with E-state index in [1.54, 1.807) is 4.90 Å². The van der Waals surface area contributed by atoms with Gasteiger partial charge in [0.15, 0.2) is 11.5 Å². The maximum Gasteiger partial charge on any atom is 0.250 e. The molecule has 3 aliphatic rings. The molecule has 2 aromatic carbocycles. The molecular weight excluding hydrogens is 392 g/mol. The lowest BCUT2D eigenvalue weighted by atomic mass is 9.90. The highest BCUT2D eigenvalue weighted by Crippen LogP contribution is 2.37. The number of nitrogens with zero attached hydrogens (tertiary/aromatic N) is 2. The van der Waals surface area contributed by atoms with Crippen molar-refractivity contribution in [3.05, 3.63) is 59.2 Å². The molecule has 2 heterocycles. The highest BCUT2D eigenvalue weighted by molar-refractivity contribution is 5.96. The van der Waals surface area contributed by atoms with E-state index in [9.17, 15) is 9.59 Å². The minimum atomic E-state index is -0.602. The largest absolute Gasteiger partial charge is 0.454 e. The average molecular weight is 421 g/mol. The van der Waals surface area contributed by atoms with E-state index in [-0.39, 0.29) is 31.2 Å². The highest BCUT2D eigenvalue weighted by Gasteiger charge is 2.43. The first kappa shape index (κ1) is 19.9. The van der Waals surface area contributed by atoms with Gasteiger partial charge in [-0.2, -0.15) is 0 Å². The first-order chi connectivity index (χ1) is 15.1. The van der Waals surface area contributed by atoms with E-state index >= 15 is 0 Å². The Labute approximate surface area is 182 Å². The second kappa shape index (κ2) is 8.25. The minimum absolute atomic E-state index is 0.00362. The molecule has 6 nitrogen and oxygen atoms in total. The zero-order valence-electron chi connectivity index (χ0n) is 17.9. The number of carbonyl (C=O) groups excluding carboxylic acids is 2. The number of carbonyl (C=O) groups is 2. The number of benzene rings is 2. The molecule has 1 atom stereocenters. The van der Waals surface area contributed by atoms with Crippen molar-refractivity contribution in [3.63, 3.8) is 0 Å². The minimum Gasteiger partial charge on any atom is -0.454 e. The highest BCUT2D eigenvalue weighted by atomic mass is 16.7. The summed E-state index contributed by atoms with van der Waals surface area (Å²) >= 11 is 0. The smallest absolute Gasteiger partial charge is 0.250 e. The summed E-state index contributed by atoms with van der Waals surface area (Å²) in [6, 6.07) is 13.2. The van der Waals surface area contributed by atoms with E-state index in [1.807, 2.05) is 54.3 Å². The van der Waals surface area contributed by atoms with Crippen LogP contribution in [0.1, 0.15) is 54.8 Å². The SMILES string of the molecule is Cc1ccccc1C1C(=O)N(C2CCCCC2)CC(=O)N1Cc1ccc2c(c1)OCO2. The van der Waals surface area contributed by atoms with E-state index < -0.39 is 6.04 Å². The van der Waals surface area contributed by atoms with Crippen LogP contribution in [0.25, 0.3) is 0 Å². The van der Waals surface area contributed by atoms with E-state index in [0.29, 0.717) is 18.0 Å². The van der Waals surface area contributed by atoms with Crippen LogP contribution in [0, 0.1) is 6.92 Å². The van der Waals surface area contributed by atoms with Crippen LogP contribution >= 0.6 is 0 Å². The Morgan fingerprint density at radius 2 is 1.74 bits per heavy atom. The Hall–Kier alpha value is -3.02. The first-order valence-electron chi connectivity index (χ1n) is 11.2. The molecule has 2 aliphatic heterocycles. The van der Waals surface area contributed by atoms with Gasteiger partial charge in [-0.15, -0.1) is 0 Å². The monoisotopic (exact) mass is 420 g/mol. The third kappa shape index (κ3) is 3.75. The summed E-state index contributed by atoms with van der Waals surface area (Å²) in [6.45, 7) is 2.74. The summed E-state index contributed by atoms with van der Waals surface area (Å²) in [5.74, 6) is 1.44. The van der Waals surface area contributed by atoms with E-state index in [1.165, 1.54) is 6.42 Å². The Morgan fingerprint density at radius 3 is 2.55 bits per heavy atom. The van der Waals surface area contributed by atoms with Crippen LogP contribution in [0.15, 0.2) is 42.5 Å². The number of ether oxygens (including phenoxy) is 2. The second-order valence-corrected chi connectivity index (χ2v) is 8.73. The van der Waals surface area contributed by atoms with Gasteiger partial charge in [0.2, 0.25) is 12.7 Å². The van der Waals surface area contributed by atoms with Crippen LogP contribution in [0.2, 0.25) is 0 Å². The summed E-state index contributed by atoms with van der Waals surface area (Å²) in [6.07, 6.45) is 5.43. The van der Waals surface area contributed by atoms with Crippen molar-refractivity contribution in [2.75, 3.05) is 13.3 Å². The number of amides is 2. The normalized spacial score (nSPS) is 21.6. The molecule has 0 N–H and O–H groups in total. The lowest BCUT2D eigenvalue weighted by Gasteiger charge is -2.45. The molecule has 31 heavy (non-hydrogen) atoms. The van der Waals surface area contributed by atoms with Crippen molar-refractivity contribution in [2.24, 2.45) is 0 Å². The van der Waals surface area contributed by atoms with Crippen LogP contribution in [0.3, 0.4) is 0 Å². The van der Waals surface area contributed by atoms with Gasteiger partial charge in [0.1, 0.15) is 12.6 Å². The predicted octanol–water partition coefficient (Wildman–Crippen LogP) is 3.97. The number of rotatable bonds is 4. The Bertz CT molecular complexity index is 999. The molecule has 2 fully saturated rings. The Kier molecular flexibility index (Phi) is 5.30. The fraction of sp³-hybridized carbons (Fsp3) is 0.440. The third-order valence-electron chi connectivity index (χ3n) is 6.74. The van der Waals surface area contributed by atoms with Crippen molar-refractivity contribution in [1.82, 2.24) is 9.80 Å². The maximum atomic E-state index is 13.8. The lowest BCUT2D eigenvalue weighted by Crippen LogP contribution is -2.58. The van der Waals surface area contributed by atoms with E-state index in [4.69, 9.17) is 9.47 Å². The molecule has 0 bridgehead atoms. The molecular formula is C25H28N2O4. The topological polar surface area (TPSA) is 59.1 Å². The molecule has 1 saturated carbocycles. The van der Waals surface area contributed by atoms with Gasteiger partial charge in [-0.3, -0.25) is 9.59 Å². The number of hydrogen-bond donors (Lipinski definition) is 0. The Morgan fingerprint density at radius 1 is 0.968 bits per heavy atom. The molecule has 1 saturated heterocycles. The zero-order chi connectivity index (χ0) is 21.4. The molecule has 2 amide bonds. The van der Waals surface area contributed by atoms with E-state index in [0.717, 1.165) is 42.4 Å². The predicted molar refractivity (Wildman–Crippen MR) is 116 cm³/mol. The van der Waals surface area contributed by atoms with Crippen LogP contribution in [0.5, 0.6) is 11.5 Å². The molecule has 0 radical (unpaired) electrons. The van der Waals surface area contributed by atoms with Crippen LogP contribution in [-0.2, 0) is 16.1 Å². The van der Waals surface area contributed by atoms with Gasteiger partial charge in [0.25, 0.3) is 5.91 Å². The van der Waals surface area contributed by atoms with Gasteiger partial charge < -0.3 is 19.3 Å². The van der Waals surface area contributed by atoms with Crippen molar-refractivity contribution in [2.45, 2.75) is 57.7 Å². The van der Waals surface area contributed by atoms with Gasteiger partial charge in [0.05, 0.1) is 0 Å². The van der Waals surface area contributed by atoms with Gasteiger partial charge in [-0.25, -0.2) is 0 Å². The summed E-state index contributed by atoms with van der Waals surface area (Å²) < 4.78 is 10.9. The fourth-order valence-electron chi connectivity index (χ4n) is 5.06. The second-order valence-electron chi connectivity index (χ2n) is 8.73. The summed E-state index contributed by atoms with van der Waals surface area (Å²) in [4.78, 5) is 30.8. The molecule has 1 aliphatic carbocycles. The quantitative estimate of drug-likeness (QED) is 0.751. The molecule has 6 heteroatoms. The number of piperazine rings is 1. The van der Waals surface area contributed by atoms with Crippen molar-refractivity contribution < 1.29 is 19.1 Å². The van der Waals surface area contributed by atoms with Gasteiger partial charge in [0, 0.05) is 12.6 Å². The first-order valence-corrected chi connectivity index (χ1v) is 11.2. The van der Waals surface area contributed by atoms with Crippen molar-refractivity contribution >= 4 is 11.8 Å². The fourth-order valence-corrected chi connectivity index (χ4v) is 5.06. The van der Waals surface area contributed by atoms with Crippen LogP contribution in [0.4, 0.5) is 0 Å². The summed E-state index contributed by atoms with van der Waals surface area (Å²) in [7, 11) is 0. The van der Waals surface area contributed by atoms with Gasteiger partial charge in [-0.1, -0.05) is 49.6 Å². The molecule has 162 valence electrons. The molecule has 2 aromatic rings. The van der Waals surface area contributed by atoms with Crippen molar-refractivity contribution in [1.29, 1.82) is 0 Å². The Balaban J connectivity index is 1.49.